The predicted molar refractivity (Wildman–Crippen MR) is 52.7 cm³/mol. The fourth-order valence-electron chi connectivity index (χ4n) is 17.6. The predicted octanol–water partition coefficient (Wildman–Crippen LogP) is 3.52. The van der Waals surface area contributed by atoms with Crippen molar-refractivity contribution in [1.29, 1.82) is 0 Å². The molecule has 15 heavy (non-hydrogen) atoms. The molecule has 10 aliphatic rings. The third-order valence-electron chi connectivity index (χ3n) is 15.7. The summed E-state index contributed by atoms with van der Waals surface area (Å²) < 4.78 is 0.758. The van der Waals surface area contributed by atoms with Gasteiger partial charge < -0.3 is 0 Å². The van der Waals surface area contributed by atoms with Crippen molar-refractivity contribution in [2.45, 2.75) is 67.1 Å². The molecule has 1 N–H and O–H groups in total. The minimum absolute atomic E-state index is 0.187. The molecule has 1 nitrogen and oxygen atoms in total. The second kappa shape index (κ2) is 0.387. The molecule has 4 unspecified atom stereocenters. The molecule has 0 aromatic rings. The molecule has 10 saturated heterocycles. The monoisotopic (exact) mass is 244 g/mol. The van der Waals surface area contributed by atoms with Crippen LogP contribution in [0.25, 0.3) is 0 Å². The topological polar surface area (TPSA) is 20.2 Å². The fourth-order valence-corrected chi connectivity index (χ4v) is 92.7. The molecule has 10 rings (SSSR count). The Morgan fingerprint density at radius 1 is 1.00 bits per heavy atom. The molecule has 0 saturated carbocycles. The van der Waals surface area contributed by atoms with Crippen LogP contribution in [0, 0.1) is 0 Å². The molecule has 0 aromatic heterocycles. The third-order valence-corrected chi connectivity index (χ3v) is 58.4. The first-order chi connectivity index (χ1) is 7.03. The van der Waals surface area contributed by atoms with Crippen LogP contribution in [0.3, 0.4) is 0 Å². The molecule has 10 aliphatic heterocycles. The van der Waals surface area contributed by atoms with Crippen molar-refractivity contribution in [1.82, 2.24) is 0 Å². The van der Waals surface area contributed by atoms with Crippen molar-refractivity contribution in [2.75, 3.05) is 0 Å². The molecule has 1 spiro atoms. The molecular weight excluding hydrogens is 228 g/mol. The SMILES string of the molecule is CC[C@@H](O)[C]12[CH]3[CH]4[CH]5[CH]1[Fe]45321678[CH]2[CH]1[CH]6[CH]7[CH]28. The molecule has 10 heterocycles. The van der Waals surface area contributed by atoms with E-state index in [0.717, 1.165) is 10.7 Å². The van der Waals surface area contributed by atoms with Crippen LogP contribution in [0.1, 0.15) is 13.3 Å². The van der Waals surface area contributed by atoms with Crippen LogP contribution < -0.4 is 0 Å². The van der Waals surface area contributed by atoms with Crippen LogP contribution in [-0.2, 0) is 6.51 Å². The van der Waals surface area contributed by atoms with E-state index in [0.29, 0.717) is 0 Å². The van der Waals surface area contributed by atoms with Crippen molar-refractivity contribution in [3.63, 3.8) is 0 Å². The Balaban J connectivity index is 1.77. The van der Waals surface area contributed by atoms with Gasteiger partial charge in [0, 0.05) is 0 Å². The summed E-state index contributed by atoms with van der Waals surface area (Å²) in [6.45, 7) is -0.630. The van der Waals surface area contributed by atoms with Crippen molar-refractivity contribution in [3.8, 4) is 0 Å². The maximum absolute atomic E-state index is 10.7. The van der Waals surface area contributed by atoms with Crippen LogP contribution in [0.5, 0.6) is 0 Å². The first-order valence-electron chi connectivity index (χ1n) is 6.92. The van der Waals surface area contributed by atoms with Gasteiger partial charge in [0.25, 0.3) is 0 Å². The van der Waals surface area contributed by atoms with Gasteiger partial charge in [-0.3, -0.25) is 0 Å². The number of hydrogen-bond acceptors (Lipinski definition) is 1. The number of hydrogen-bond donors (Lipinski definition) is 1. The molecule has 2 heteroatoms. The number of aliphatic hydroxyl groups excluding tert-OH is 1. The van der Waals surface area contributed by atoms with E-state index in [1.165, 1.54) is 43.3 Å². The summed E-state index contributed by atoms with van der Waals surface area (Å²) >= 11 is 0. The first kappa shape index (κ1) is 5.42. The van der Waals surface area contributed by atoms with Crippen LogP contribution in [0.4, 0.5) is 0 Å². The normalized spacial score (nSPS) is 136. The quantitative estimate of drug-likeness (QED) is 0.737. The molecule has 0 aromatic carbocycles. The minimum atomic E-state index is -2.88. The Morgan fingerprint density at radius 3 is 1.67 bits per heavy atom. The average Bonchev–Trinajstić information content (AvgIpc) is 3.18. The Hall–Kier alpha value is 0.479. The van der Waals surface area contributed by atoms with Gasteiger partial charge in [-0.25, -0.2) is 0 Å². The zero-order valence-corrected chi connectivity index (χ0v) is 9.89. The molecule has 10 fully saturated rings. The van der Waals surface area contributed by atoms with Gasteiger partial charge in [-0.15, -0.1) is 0 Å². The maximum atomic E-state index is 10.7. The van der Waals surface area contributed by atoms with Gasteiger partial charge in [0.15, 0.2) is 0 Å². The molecule has 0 radical (unpaired) electrons. The van der Waals surface area contributed by atoms with Crippen molar-refractivity contribution in [2.24, 2.45) is 0 Å². The number of aliphatic hydroxyl groups is 1. The van der Waals surface area contributed by atoms with Gasteiger partial charge >= 0.3 is 78.7 Å². The third kappa shape index (κ3) is 0.0460. The van der Waals surface area contributed by atoms with Gasteiger partial charge in [0.2, 0.25) is 0 Å². The summed E-state index contributed by atoms with van der Waals surface area (Å²) in [7, 11) is 0. The van der Waals surface area contributed by atoms with Crippen molar-refractivity contribution < 1.29 is 11.6 Å². The van der Waals surface area contributed by atoms with E-state index in [2.05, 4.69) is 6.92 Å². The van der Waals surface area contributed by atoms with Gasteiger partial charge in [-0.2, -0.15) is 0 Å². The number of rotatable bonds is 2. The first-order valence-corrected chi connectivity index (χ1v) is 13.2. The second-order valence-corrected chi connectivity index (χ2v) is 34.3. The van der Waals surface area contributed by atoms with E-state index in [1.54, 1.807) is 0 Å². The van der Waals surface area contributed by atoms with E-state index in [9.17, 15) is 5.11 Å². The summed E-state index contributed by atoms with van der Waals surface area (Å²) in [5.74, 6) is 0. The molecular formula is C13H16FeO. The molecule has 82 valence electrons. The van der Waals surface area contributed by atoms with E-state index < -0.39 is 6.51 Å². The van der Waals surface area contributed by atoms with E-state index in [-0.39, 0.29) is 6.10 Å². The Morgan fingerprint density at radius 2 is 1.47 bits per heavy atom. The number of fused-ring (bicyclic) bond motifs is 10. The fraction of sp³-hybridized carbons (Fsp3) is 1.00. The van der Waals surface area contributed by atoms with Crippen LogP contribution in [0.15, 0.2) is 0 Å². The van der Waals surface area contributed by atoms with E-state index in [1.807, 2.05) is 0 Å². The zero-order valence-electron chi connectivity index (χ0n) is 8.78. The van der Waals surface area contributed by atoms with E-state index >= 15 is 0 Å². The Labute approximate surface area is 78.9 Å². The van der Waals surface area contributed by atoms with Crippen LogP contribution in [-0.4, -0.2) is 11.2 Å². The molecule has 5 atom stereocenters. The summed E-state index contributed by atoms with van der Waals surface area (Å²) in [5.41, 5.74) is 0. The van der Waals surface area contributed by atoms with Gasteiger partial charge in [-0.1, -0.05) is 0 Å². The molecule has 0 bridgehead atoms. The summed E-state index contributed by atoms with van der Waals surface area (Å²) in [4.78, 5) is 12.3. The Bertz CT molecular complexity index is 817. The zero-order chi connectivity index (χ0) is 9.30. The summed E-state index contributed by atoms with van der Waals surface area (Å²) in [6, 6.07) is 0. The van der Waals surface area contributed by atoms with Crippen molar-refractivity contribution in [3.05, 3.63) is 0 Å². The second-order valence-electron chi connectivity index (χ2n) is 10.7. The standard InChI is InChI=1S/C8H11O.C5H5.Fe/c1-2-8(9)7-5-3-4-6-7;1-2-4-5-3-1;/h3-6,8-9H,2H2,1H3;1-5H;/t8-;;/m1../s1. The van der Waals surface area contributed by atoms with E-state index in [4.69, 9.17) is 0 Å². The van der Waals surface area contributed by atoms with Gasteiger partial charge in [0.1, 0.15) is 0 Å². The Kier molecular flexibility index (Phi) is 0.140. The molecule has 0 amide bonds. The van der Waals surface area contributed by atoms with Crippen molar-refractivity contribution >= 4 is 0 Å². The molecule has 0 aliphatic carbocycles. The summed E-state index contributed by atoms with van der Waals surface area (Å²) in [5, 5.41) is 10.7. The average molecular weight is 244 g/mol. The summed E-state index contributed by atoms with van der Waals surface area (Å²) in [6.07, 6.45) is 1.27. The van der Waals surface area contributed by atoms with Crippen LogP contribution in [0.2, 0.25) is 47.7 Å². The van der Waals surface area contributed by atoms with Gasteiger partial charge in [0.05, 0.1) is 0 Å². The van der Waals surface area contributed by atoms with Crippen LogP contribution >= 0.6 is 0 Å². The van der Waals surface area contributed by atoms with Gasteiger partial charge in [-0.05, 0) is 0 Å².